The van der Waals surface area contributed by atoms with Crippen molar-refractivity contribution >= 4 is 0 Å². The number of benzene rings is 1. The highest BCUT2D eigenvalue weighted by Crippen LogP contribution is 2.43. The van der Waals surface area contributed by atoms with Crippen LogP contribution in [0.4, 0.5) is 0 Å². The molecule has 1 atom stereocenters. The number of piperidine rings is 1. The molecule has 1 aromatic rings. The second-order valence-corrected chi connectivity index (χ2v) is 6.01. The standard InChI is InChI=1S/C16H23N/c1-2-6-14(7-3-1)12-15-8-11-16(13-17-15)9-4-5-10-16/h1-3,6-7,15,17H,4-5,8-13H2. The fraction of sp³-hybridized carbons (Fsp3) is 0.625. The number of nitrogens with one attached hydrogen (secondary N) is 1. The lowest BCUT2D eigenvalue weighted by Gasteiger charge is -2.38. The second kappa shape index (κ2) is 4.81. The van der Waals surface area contributed by atoms with Crippen LogP contribution in [0.25, 0.3) is 0 Å². The monoisotopic (exact) mass is 229 g/mol. The molecule has 1 aliphatic heterocycles. The van der Waals surface area contributed by atoms with Crippen LogP contribution in [-0.4, -0.2) is 12.6 Å². The van der Waals surface area contributed by atoms with Crippen molar-refractivity contribution in [3.8, 4) is 0 Å². The van der Waals surface area contributed by atoms with Crippen molar-refractivity contribution < 1.29 is 0 Å². The van der Waals surface area contributed by atoms with Gasteiger partial charge in [-0.25, -0.2) is 0 Å². The number of rotatable bonds is 2. The lowest BCUT2D eigenvalue weighted by Crippen LogP contribution is -2.45. The highest BCUT2D eigenvalue weighted by atomic mass is 14.9. The Bertz CT molecular complexity index is 341. The summed E-state index contributed by atoms with van der Waals surface area (Å²) in [6.45, 7) is 1.27. The molecule has 2 aliphatic rings. The maximum Gasteiger partial charge on any atom is 0.0108 e. The zero-order chi connectivity index (χ0) is 11.6. The minimum atomic E-state index is 0.688. The predicted octanol–water partition coefficient (Wildman–Crippen LogP) is 3.54. The molecule has 1 saturated carbocycles. The Morgan fingerprint density at radius 3 is 2.47 bits per heavy atom. The molecule has 0 bridgehead atoms. The van der Waals surface area contributed by atoms with Crippen LogP contribution in [0.15, 0.2) is 30.3 Å². The summed E-state index contributed by atoms with van der Waals surface area (Å²) in [5.41, 5.74) is 2.17. The lowest BCUT2D eigenvalue weighted by atomic mass is 9.76. The van der Waals surface area contributed by atoms with Crippen molar-refractivity contribution in [1.82, 2.24) is 5.32 Å². The highest BCUT2D eigenvalue weighted by Gasteiger charge is 2.37. The van der Waals surface area contributed by atoms with E-state index < -0.39 is 0 Å². The molecule has 1 saturated heterocycles. The molecule has 0 aromatic heterocycles. The van der Waals surface area contributed by atoms with Gasteiger partial charge in [0.15, 0.2) is 0 Å². The van der Waals surface area contributed by atoms with E-state index in [2.05, 4.69) is 35.6 Å². The van der Waals surface area contributed by atoms with E-state index in [4.69, 9.17) is 0 Å². The normalized spacial score (nSPS) is 27.4. The summed E-state index contributed by atoms with van der Waals surface area (Å²) in [7, 11) is 0. The molecule has 17 heavy (non-hydrogen) atoms. The molecule has 1 N–H and O–H groups in total. The molecule has 1 spiro atoms. The molecule has 2 fully saturated rings. The largest absolute Gasteiger partial charge is 0.313 e. The van der Waals surface area contributed by atoms with E-state index in [9.17, 15) is 0 Å². The van der Waals surface area contributed by atoms with Crippen LogP contribution in [-0.2, 0) is 6.42 Å². The van der Waals surface area contributed by atoms with Crippen molar-refractivity contribution in [1.29, 1.82) is 0 Å². The Morgan fingerprint density at radius 2 is 1.82 bits per heavy atom. The predicted molar refractivity (Wildman–Crippen MR) is 72.1 cm³/mol. The second-order valence-electron chi connectivity index (χ2n) is 6.01. The molecular formula is C16H23N. The zero-order valence-electron chi connectivity index (χ0n) is 10.6. The summed E-state index contributed by atoms with van der Waals surface area (Å²) >= 11 is 0. The maximum atomic E-state index is 3.80. The van der Waals surface area contributed by atoms with Crippen LogP contribution in [0.3, 0.4) is 0 Å². The topological polar surface area (TPSA) is 12.0 Å². The quantitative estimate of drug-likeness (QED) is 0.818. The van der Waals surface area contributed by atoms with Gasteiger partial charge in [0.2, 0.25) is 0 Å². The van der Waals surface area contributed by atoms with E-state index in [0.29, 0.717) is 11.5 Å². The van der Waals surface area contributed by atoms with Gasteiger partial charge in [-0.1, -0.05) is 43.2 Å². The third-order valence-corrected chi connectivity index (χ3v) is 4.78. The molecule has 1 aliphatic carbocycles. The van der Waals surface area contributed by atoms with Crippen molar-refractivity contribution in [2.75, 3.05) is 6.54 Å². The van der Waals surface area contributed by atoms with Crippen molar-refractivity contribution in [2.45, 2.75) is 51.0 Å². The third-order valence-electron chi connectivity index (χ3n) is 4.78. The van der Waals surface area contributed by atoms with Crippen molar-refractivity contribution in [2.24, 2.45) is 5.41 Å². The molecule has 1 nitrogen and oxygen atoms in total. The SMILES string of the molecule is c1ccc(CC2CCC3(CCCC3)CN2)cc1. The van der Waals surface area contributed by atoms with Gasteiger partial charge in [0.1, 0.15) is 0 Å². The van der Waals surface area contributed by atoms with E-state index in [1.807, 2.05) is 0 Å². The molecule has 3 rings (SSSR count). The summed E-state index contributed by atoms with van der Waals surface area (Å²) in [6.07, 6.45) is 9.90. The van der Waals surface area contributed by atoms with Gasteiger partial charge in [0.25, 0.3) is 0 Å². The van der Waals surface area contributed by atoms with Crippen LogP contribution in [0.2, 0.25) is 0 Å². The maximum absolute atomic E-state index is 3.80. The van der Waals surface area contributed by atoms with Gasteiger partial charge in [-0.15, -0.1) is 0 Å². The van der Waals surface area contributed by atoms with Crippen molar-refractivity contribution in [3.05, 3.63) is 35.9 Å². The average Bonchev–Trinajstić information content (AvgIpc) is 2.83. The van der Waals surface area contributed by atoms with E-state index in [-0.39, 0.29) is 0 Å². The first-order valence-electron chi connectivity index (χ1n) is 7.14. The molecule has 0 radical (unpaired) electrons. The Morgan fingerprint density at radius 1 is 1.06 bits per heavy atom. The molecule has 0 amide bonds. The first-order chi connectivity index (χ1) is 8.36. The first-order valence-corrected chi connectivity index (χ1v) is 7.14. The summed E-state index contributed by atoms with van der Waals surface area (Å²) in [5.74, 6) is 0. The van der Waals surface area contributed by atoms with Gasteiger partial charge in [-0.05, 0) is 43.1 Å². The van der Waals surface area contributed by atoms with E-state index in [1.54, 1.807) is 0 Å². The van der Waals surface area contributed by atoms with Crippen LogP contribution in [0, 0.1) is 5.41 Å². The van der Waals surface area contributed by atoms with Crippen LogP contribution < -0.4 is 5.32 Å². The number of hydrogen-bond acceptors (Lipinski definition) is 1. The Kier molecular flexibility index (Phi) is 3.19. The summed E-state index contributed by atoms with van der Waals surface area (Å²) in [6, 6.07) is 11.6. The third kappa shape index (κ3) is 2.55. The van der Waals surface area contributed by atoms with Gasteiger partial charge in [0.05, 0.1) is 0 Å². The van der Waals surface area contributed by atoms with Gasteiger partial charge >= 0.3 is 0 Å². The molecule has 1 aromatic carbocycles. The number of hydrogen-bond donors (Lipinski definition) is 1. The molecule has 1 heteroatoms. The summed E-state index contributed by atoms with van der Waals surface area (Å²) in [4.78, 5) is 0. The van der Waals surface area contributed by atoms with Gasteiger partial charge in [-0.2, -0.15) is 0 Å². The molecule has 1 heterocycles. The zero-order valence-corrected chi connectivity index (χ0v) is 10.6. The first kappa shape index (κ1) is 11.3. The highest BCUT2D eigenvalue weighted by molar-refractivity contribution is 5.16. The van der Waals surface area contributed by atoms with Gasteiger partial charge in [0, 0.05) is 12.6 Å². The minimum absolute atomic E-state index is 0.688. The summed E-state index contributed by atoms with van der Waals surface area (Å²) in [5, 5.41) is 3.80. The van der Waals surface area contributed by atoms with Crippen LogP contribution in [0.1, 0.15) is 44.1 Å². The van der Waals surface area contributed by atoms with Gasteiger partial charge < -0.3 is 5.32 Å². The van der Waals surface area contributed by atoms with Crippen LogP contribution >= 0.6 is 0 Å². The smallest absolute Gasteiger partial charge is 0.0108 e. The molecule has 1 unspecified atom stereocenters. The minimum Gasteiger partial charge on any atom is -0.313 e. The molecule has 92 valence electrons. The van der Waals surface area contributed by atoms with Crippen molar-refractivity contribution in [3.63, 3.8) is 0 Å². The van der Waals surface area contributed by atoms with E-state index >= 15 is 0 Å². The van der Waals surface area contributed by atoms with Crippen LogP contribution in [0.5, 0.6) is 0 Å². The Labute approximate surface area is 105 Å². The van der Waals surface area contributed by atoms with Gasteiger partial charge in [-0.3, -0.25) is 0 Å². The fourth-order valence-corrected chi connectivity index (χ4v) is 3.66. The fourth-order valence-electron chi connectivity index (χ4n) is 3.66. The molecular weight excluding hydrogens is 206 g/mol. The lowest BCUT2D eigenvalue weighted by molar-refractivity contribution is 0.183. The van der Waals surface area contributed by atoms with E-state index in [1.165, 1.54) is 57.1 Å². The Hall–Kier alpha value is -0.820. The van der Waals surface area contributed by atoms with E-state index in [0.717, 1.165) is 0 Å². The Balaban J connectivity index is 1.55. The average molecular weight is 229 g/mol. The summed E-state index contributed by atoms with van der Waals surface area (Å²) < 4.78 is 0.